The van der Waals surface area contributed by atoms with Crippen molar-refractivity contribution in [2.45, 2.75) is 37.8 Å². The summed E-state index contributed by atoms with van der Waals surface area (Å²) in [4.78, 5) is 9.47. The van der Waals surface area contributed by atoms with Crippen LogP contribution in [0, 0.1) is 0 Å². The van der Waals surface area contributed by atoms with Crippen molar-refractivity contribution in [1.29, 1.82) is 0 Å². The van der Waals surface area contributed by atoms with Crippen LogP contribution in [-0.4, -0.2) is 53.2 Å². The van der Waals surface area contributed by atoms with Gasteiger partial charge >= 0.3 is 0 Å². The summed E-state index contributed by atoms with van der Waals surface area (Å²) in [6.45, 7) is 5.45. The van der Waals surface area contributed by atoms with E-state index in [1.165, 1.54) is 5.56 Å². The van der Waals surface area contributed by atoms with Crippen LogP contribution in [0.1, 0.15) is 37.1 Å². The van der Waals surface area contributed by atoms with Gasteiger partial charge in [0.15, 0.2) is 5.82 Å². The van der Waals surface area contributed by atoms with Crippen LogP contribution in [-0.2, 0) is 12.1 Å². The first-order chi connectivity index (χ1) is 12.1. The molecule has 2 N–H and O–H groups in total. The molecule has 4 rings (SSSR count). The largest absolute Gasteiger partial charge is 0.334 e. The molecule has 1 aliphatic carbocycles. The smallest absolute Gasteiger partial charge is 0.258 e. The van der Waals surface area contributed by atoms with Crippen LogP contribution in [0.25, 0.3) is 11.5 Å². The maximum absolute atomic E-state index is 6.44. The first-order valence-electron chi connectivity index (χ1n) is 9.26. The predicted octanol–water partition coefficient (Wildman–Crippen LogP) is 2.63. The molecule has 142 valence electrons. The summed E-state index contributed by atoms with van der Waals surface area (Å²) in [6.07, 6.45) is 4.16. The van der Waals surface area contributed by atoms with Gasteiger partial charge in [0, 0.05) is 38.3 Å². The van der Waals surface area contributed by atoms with E-state index in [0.29, 0.717) is 11.7 Å². The molecule has 2 aliphatic rings. The van der Waals surface area contributed by atoms with Gasteiger partial charge in [-0.05, 0) is 37.6 Å². The lowest BCUT2D eigenvalue weighted by Gasteiger charge is -2.32. The lowest BCUT2D eigenvalue weighted by atomic mass is 9.98. The second-order valence-electron chi connectivity index (χ2n) is 7.57. The summed E-state index contributed by atoms with van der Waals surface area (Å²) < 4.78 is 5.53. The van der Waals surface area contributed by atoms with Gasteiger partial charge in [-0.2, -0.15) is 4.98 Å². The van der Waals surface area contributed by atoms with E-state index in [4.69, 9.17) is 10.3 Å². The van der Waals surface area contributed by atoms with Gasteiger partial charge in [-0.25, -0.2) is 0 Å². The highest BCUT2D eigenvalue weighted by Crippen LogP contribution is 2.35. The van der Waals surface area contributed by atoms with E-state index in [1.54, 1.807) is 0 Å². The maximum atomic E-state index is 6.44. The summed E-state index contributed by atoms with van der Waals surface area (Å²) in [5.74, 6) is 1.23. The van der Waals surface area contributed by atoms with E-state index >= 15 is 0 Å². The molecule has 2 aromatic rings. The molecular formula is C19H28ClN5O. The molecule has 0 spiro atoms. The zero-order valence-electron chi connectivity index (χ0n) is 15.4. The lowest BCUT2D eigenvalue weighted by molar-refractivity contribution is 0.148. The Morgan fingerprint density at radius 2 is 1.88 bits per heavy atom. The zero-order chi connectivity index (χ0) is 17.3. The first-order valence-corrected chi connectivity index (χ1v) is 9.26. The number of benzene rings is 1. The Kier molecular flexibility index (Phi) is 5.97. The number of nitrogens with zero attached hydrogens (tertiary/aromatic N) is 4. The van der Waals surface area contributed by atoms with Crippen molar-refractivity contribution in [3.05, 3.63) is 35.7 Å². The summed E-state index contributed by atoms with van der Waals surface area (Å²) in [5.41, 5.74) is 8.30. The minimum atomic E-state index is -0.404. The van der Waals surface area contributed by atoms with Gasteiger partial charge in [0.05, 0.1) is 5.54 Å². The molecule has 1 aromatic carbocycles. The standard InChI is InChI=1S/C19H27N5O.ClH/c1-23-9-11-24(12-10-23)14-15-5-4-6-16(13-15)17-21-18(22-25-17)19(20)7-2-3-8-19;/h4-6,13H,2-3,7-12,14,20H2,1H3;1H. The second kappa shape index (κ2) is 8.05. The second-order valence-corrected chi connectivity index (χ2v) is 7.57. The van der Waals surface area contributed by atoms with E-state index in [0.717, 1.165) is 64.0 Å². The lowest BCUT2D eigenvalue weighted by Crippen LogP contribution is -2.43. The Hall–Kier alpha value is -1.47. The third-order valence-corrected chi connectivity index (χ3v) is 5.54. The molecule has 1 aliphatic heterocycles. The van der Waals surface area contributed by atoms with Crippen LogP contribution in [0.15, 0.2) is 28.8 Å². The summed E-state index contributed by atoms with van der Waals surface area (Å²) >= 11 is 0. The molecule has 0 bridgehead atoms. The number of likely N-dealkylation sites (N-methyl/N-ethyl adjacent to an activating group) is 1. The molecule has 6 nitrogen and oxygen atoms in total. The third kappa shape index (κ3) is 4.09. The summed E-state index contributed by atoms with van der Waals surface area (Å²) in [7, 11) is 2.18. The molecule has 1 saturated carbocycles. The molecule has 0 unspecified atom stereocenters. The number of nitrogens with two attached hydrogens (primary N) is 1. The average Bonchev–Trinajstić information content (AvgIpc) is 3.27. The molecule has 7 heteroatoms. The quantitative estimate of drug-likeness (QED) is 0.883. The first kappa shape index (κ1) is 19.3. The minimum Gasteiger partial charge on any atom is -0.334 e. The van der Waals surface area contributed by atoms with Crippen LogP contribution >= 0.6 is 12.4 Å². The van der Waals surface area contributed by atoms with Crippen molar-refractivity contribution < 1.29 is 4.52 Å². The number of hydrogen-bond acceptors (Lipinski definition) is 6. The number of halogens is 1. The Bertz CT molecular complexity index is 720. The van der Waals surface area contributed by atoms with Gasteiger partial charge in [-0.15, -0.1) is 12.4 Å². The van der Waals surface area contributed by atoms with Gasteiger partial charge in [-0.1, -0.05) is 30.1 Å². The van der Waals surface area contributed by atoms with E-state index in [1.807, 2.05) is 6.07 Å². The highest BCUT2D eigenvalue weighted by atomic mass is 35.5. The van der Waals surface area contributed by atoms with Crippen molar-refractivity contribution in [1.82, 2.24) is 19.9 Å². The van der Waals surface area contributed by atoms with E-state index < -0.39 is 5.54 Å². The number of hydrogen-bond donors (Lipinski definition) is 1. The average molecular weight is 378 g/mol. The highest BCUT2D eigenvalue weighted by Gasteiger charge is 2.36. The van der Waals surface area contributed by atoms with Crippen molar-refractivity contribution in [3.63, 3.8) is 0 Å². The molecular weight excluding hydrogens is 350 g/mol. The molecule has 1 saturated heterocycles. The Balaban J connectivity index is 0.00000196. The minimum absolute atomic E-state index is 0. The fraction of sp³-hybridized carbons (Fsp3) is 0.579. The van der Waals surface area contributed by atoms with Crippen LogP contribution in [0.3, 0.4) is 0 Å². The zero-order valence-corrected chi connectivity index (χ0v) is 16.2. The summed E-state index contributed by atoms with van der Waals surface area (Å²) in [6, 6.07) is 8.43. The predicted molar refractivity (Wildman–Crippen MR) is 104 cm³/mol. The van der Waals surface area contributed by atoms with Crippen molar-refractivity contribution >= 4 is 12.4 Å². The van der Waals surface area contributed by atoms with E-state index in [9.17, 15) is 0 Å². The molecule has 1 aromatic heterocycles. The van der Waals surface area contributed by atoms with Gasteiger partial charge in [-0.3, -0.25) is 4.90 Å². The van der Waals surface area contributed by atoms with E-state index in [-0.39, 0.29) is 12.4 Å². The molecule has 26 heavy (non-hydrogen) atoms. The van der Waals surface area contributed by atoms with Crippen LogP contribution in [0.4, 0.5) is 0 Å². The highest BCUT2D eigenvalue weighted by molar-refractivity contribution is 5.85. The van der Waals surface area contributed by atoms with Crippen molar-refractivity contribution in [2.24, 2.45) is 5.73 Å². The summed E-state index contributed by atoms with van der Waals surface area (Å²) in [5, 5.41) is 4.17. The fourth-order valence-corrected chi connectivity index (χ4v) is 3.84. The Morgan fingerprint density at radius 1 is 1.15 bits per heavy atom. The molecule has 2 fully saturated rings. The molecule has 0 amide bonds. The van der Waals surface area contributed by atoms with Gasteiger partial charge in [0.1, 0.15) is 0 Å². The van der Waals surface area contributed by atoms with E-state index in [2.05, 4.69) is 45.2 Å². The van der Waals surface area contributed by atoms with Crippen molar-refractivity contribution in [2.75, 3.05) is 33.2 Å². The number of aromatic nitrogens is 2. The Morgan fingerprint density at radius 3 is 2.62 bits per heavy atom. The van der Waals surface area contributed by atoms with Crippen LogP contribution in [0.2, 0.25) is 0 Å². The molecule has 2 heterocycles. The third-order valence-electron chi connectivity index (χ3n) is 5.54. The normalized spacial score (nSPS) is 20.8. The van der Waals surface area contributed by atoms with Gasteiger partial charge in [0.2, 0.25) is 0 Å². The van der Waals surface area contributed by atoms with Crippen LogP contribution < -0.4 is 5.73 Å². The topological polar surface area (TPSA) is 71.4 Å². The maximum Gasteiger partial charge on any atom is 0.258 e. The number of piperazine rings is 1. The molecule has 0 radical (unpaired) electrons. The van der Waals surface area contributed by atoms with Gasteiger partial charge < -0.3 is 15.2 Å². The number of rotatable bonds is 4. The monoisotopic (exact) mass is 377 g/mol. The van der Waals surface area contributed by atoms with Crippen LogP contribution in [0.5, 0.6) is 0 Å². The SMILES string of the molecule is CN1CCN(Cc2cccc(-c3nc(C4(N)CCCC4)no3)c2)CC1.Cl. The fourth-order valence-electron chi connectivity index (χ4n) is 3.84. The Labute approximate surface area is 161 Å². The molecule has 0 atom stereocenters. The van der Waals surface area contributed by atoms with Crippen molar-refractivity contribution in [3.8, 4) is 11.5 Å². The van der Waals surface area contributed by atoms with Gasteiger partial charge in [0.25, 0.3) is 5.89 Å².